The number of isocyanates is 1. The first-order chi connectivity index (χ1) is 6.90. The quantitative estimate of drug-likeness (QED) is 0.525. The molecule has 0 aliphatic carbocycles. The smallest absolute Gasteiger partial charge is 0.240 e. The van der Waals surface area contributed by atoms with Gasteiger partial charge in [0.25, 0.3) is 0 Å². The lowest BCUT2D eigenvalue weighted by Crippen LogP contribution is -1.97. The maximum absolute atomic E-state index is 10.1. The first-order valence-corrected chi connectivity index (χ1v) is 4.50. The third kappa shape index (κ3) is 1.87. The minimum atomic E-state index is 0.393. The summed E-state index contributed by atoms with van der Waals surface area (Å²) >= 11 is 0. The van der Waals surface area contributed by atoms with Crippen molar-refractivity contribution in [1.29, 1.82) is 0 Å². The molecule has 2 heterocycles. The van der Waals surface area contributed by atoms with E-state index in [-0.39, 0.29) is 0 Å². The zero-order chi connectivity index (χ0) is 9.80. The molecule has 1 fully saturated rings. The summed E-state index contributed by atoms with van der Waals surface area (Å²) in [6, 6.07) is 1.86. The Bertz CT molecular complexity index is 366. The Morgan fingerprint density at radius 3 is 3.21 bits per heavy atom. The number of carbonyl (C=O) groups excluding carboxylic acids is 1. The molecule has 2 rings (SSSR count). The van der Waals surface area contributed by atoms with E-state index in [1.807, 2.05) is 6.07 Å². The van der Waals surface area contributed by atoms with Gasteiger partial charge in [0.1, 0.15) is 0 Å². The van der Waals surface area contributed by atoms with Crippen molar-refractivity contribution in [3.8, 4) is 0 Å². The zero-order valence-electron chi connectivity index (χ0n) is 7.64. The molecule has 0 spiro atoms. The highest BCUT2D eigenvalue weighted by Crippen LogP contribution is 2.26. The molecule has 1 aliphatic heterocycles. The molecule has 0 aromatic carbocycles. The first kappa shape index (κ1) is 9.06. The highest BCUT2D eigenvalue weighted by molar-refractivity contribution is 5.48. The lowest BCUT2D eigenvalue weighted by atomic mass is 10.0. The number of rotatable bonds is 2. The van der Waals surface area contributed by atoms with Gasteiger partial charge in [-0.15, -0.1) is 0 Å². The molecular formula is C10H10N2O2. The van der Waals surface area contributed by atoms with E-state index in [0.29, 0.717) is 11.6 Å². The van der Waals surface area contributed by atoms with Gasteiger partial charge in [-0.1, -0.05) is 0 Å². The van der Waals surface area contributed by atoms with Gasteiger partial charge in [-0.05, 0) is 18.1 Å². The monoisotopic (exact) mass is 190 g/mol. The van der Waals surface area contributed by atoms with Crippen molar-refractivity contribution in [2.45, 2.75) is 12.3 Å². The Kier molecular flexibility index (Phi) is 2.68. The van der Waals surface area contributed by atoms with E-state index in [9.17, 15) is 4.79 Å². The average molecular weight is 190 g/mol. The molecule has 0 amide bonds. The molecule has 1 unspecified atom stereocenters. The van der Waals surface area contributed by atoms with Crippen LogP contribution in [0.2, 0.25) is 0 Å². The fourth-order valence-corrected chi connectivity index (χ4v) is 1.58. The van der Waals surface area contributed by atoms with Gasteiger partial charge in [0.2, 0.25) is 6.08 Å². The molecule has 14 heavy (non-hydrogen) atoms. The van der Waals surface area contributed by atoms with Crippen molar-refractivity contribution in [3.63, 3.8) is 0 Å². The van der Waals surface area contributed by atoms with Crippen molar-refractivity contribution in [1.82, 2.24) is 4.98 Å². The summed E-state index contributed by atoms with van der Waals surface area (Å²) in [6.07, 6.45) is 5.86. The number of hydrogen-bond donors (Lipinski definition) is 0. The average Bonchev–Trinajstić information content (AvgIpc) is 2.71. The van der Waals surface area contributed by atoms with Crippen LogP contribution in [-0.4, -0.2) is 24.3 Å². The van der Waals surface area contributed by atoms with E-state index in [1.54, 1.807) is 12.4 Å². The molecule has 0 radical (unpaired) electrons. The summed E-state index contributed by atoms with van der Waals surface area (Å²) in [7, 11) is 0. The third-order valence-corrected chi connectivity index (χ3v) is 2.32. The Labute approximate surface area is 81.6 Å². The normalized spacial score (nSPS) is 20.4. The summed E-state index contributed by atoms with van der Waals surface area (Å²) in [6.45, 7) is 1.53. The Morgan fingerprint density at radius 1 is 1.57 bits per heavy atom. The van der Waals surface area contributed by atoms with Gasteiger partial charge in [-0.2, -0.15) is 4.99 Å². The number of nitrogens with zero attached hydrogens (tertiary/aromatic N) is 2. The van der Waals surface area contributed by atoms with E-state index in [2.05, 4.69) is 9.98 Å². The van der Waals surface area contributed by atoms with Gasteiger partial charge < -0.3 is 4.74 Å². The van der Waals surface area contributed by atoms with Crippen molar-refractivity contribution < 1.29 is 9.53 Å². The fraction of sp³-hybridized carbons (Fsp3) is 0.400. The first-order valence-electron chi connectivity index (χ1n) is 4.50. The van der Waals surface area contributed by atoms with Crippen molar-refractivity contribution >= 4 is 11.8 Å². The summed E-state index contributed by atoms with van der Waals surface area (Å²) < 4.78 is 5.28. The van der Waals surface area contributed by atoms with Crippen molar-refractivity contribution in [2.75, 3.05) is 13.2 Å². The molecule has 4 nitrogen and oxygen atoms in total. The predicted octanol–water partition coefficient (Wildman–Crippen LogP) is 1.55. The van der Waals surface area contributed by atoms with Gasteiger partial charge in [0, 0.05) is 18.7 Å². The maximum atomic E-state index is 10.1. The predicted molar refractivity (Wildman–Crippen MR) is 50.2 cm³/mol. The summed E-state index contributed by atoms with van der Waals surface area (Å²) in [4.78, 5) is 17.6. The number of aromatic nitrogens is 1. The van der Waals surface area contributed by atoms with Crippen molar-refractivity contribution in [2.24, 2.45) is 4.99 Å². The largest absolute Gasteiger partial charge is 0.381 e. The maximum Gasteiger partial charge on any atom is 0.240 e. The number of ether oxygens (including phenoxy) is 1. The van der Waals surface area contributed by atoms with Crippen LogP contribution in [-0.2, 0) is 9.53 Å². The molecular weight excluding hydrogens is 180 g/mol. The second kappa shape index (κ2) is 4.13. The molecule has 1 saturated heterocycles. The molecule has 0 bridgehead atoms. The Hall–Kier alpha value is -1.51. The topological polar surface area (TPSA) is 51.5 Å². The van der Waals surface area contributed by atoms with Gasteiger partial charge in [0.15, 0.2) is 0 Å². The molecule has 0 N–H and O–H groups in total. The molecule has 1 aromatic rings. The van der Waals surface area contributed by atoms with Crippen LogP contribution >= 0.6 is 0 Å². The second-order valence-corrected chi connectivity index (χ2v) is 3.24. The summed E-state index contributed by atoms with van der Waals surface area (Å²) in [5.41, 5.74) is 1.64. The molecule has 72 valence electrons. The van der Waals surface area contributed by atoms with Gasteiger partial charge in [0.05, 0.1) is 18.5 Å². The van der Waals surface area contributed by atoms with Gasteiger partial charge in [-0.25, -0.2) is 4.79 Å². The number of hydrogen-bond acceptors (Lipinski definition) is 4. The lowest BCUT2D eigenvalue weighted by molar-refractivity contribution is 0.194. The van der Waals surface area contributed by atoms with E-state index in [4.69, 9.17) is 4.74 Å². The fourth-order valence-electron chi connectivity index (χ4n) is 1.58. The third-order valence-electron chi connectivity index (χ3n) is 2.32. The lowest BCUT2D eigenvalue weighted by Gasteiger charge is -2.06. The van der Waals surface area contributed by atoms with Crippen LogP contribution in [0.3, 0.4) is 0 Å². The Balaban J connectivity index is 2.24. The van der Waals surface area contributed by atoms with Crippen LogP contribution in [0.1, 0.15) is 17.9 Å². The van der Waals surface area contributed by atoms with E-state index >= 15 is 0 Å². The van der Waals surface area contributed by atoms with Crippen LogP contribution in [0.25, 0.3) is 0 Å². The zero-order valence-corrected chi connectivity index (χ0v) is 7.64. The van der Waals surface area contributed by atoms with E-state index < -0.39 is 0 Å². The number of pyridine rings is 1. The van der Waals surface area contributed by atoms with Crippen molar-refractivity contribution in [3.05, 3.63) is 24.0 Å². The summed E-state index contributed by atoms with van der Waals surface area (Å²) in [5, 5.41) is 0. The molecule has 1 atom stereocenters. The molecule has 4 heteroatoms. The number of aliphatic imine (C=N–C) groups is 1. The minimum absolute atomic E-state index is 0.393. The van der Waals surface area contributed by atoms with Gasteiger partial charge >= 0.3 is 0 Å². The Morgan fingerprint density at radius 2 is 2.50 bits per heavy atom. The minimum Gasteiger partial charge on any atom is -0.381 e. The van der Waals surface area contributed by atoms with Crippen LogP contribution < -0.4 is 0 Å². The highest BCUT2D eigenvalue weighted by atomic mass is 16.5. The van der Waals surface area contributed by atoms with E-state index in [1.165, 1.54) is 6.08 Å². The van der Waals surface area contributed by atoms with Gasteiger partial charge in [-0.3, -0.25) is 4.98 Å². The van der Waals surface area contributed by atoms with Crippen LogP contribution in [0.4, 0.5) is 5.69 Å². The molecule has 1 aliphatic rings. The highest BCUT2D eigenvalue weighted by Gasteiger charge is 2.17. The molecule has 0 saturated carbocycles. The van der Waals surface area contributed by atoms with E-state index in [0.717, 1.165) is 25.2 Å². The van der Waals surface area contributed by atoms with Crippen LogP contribution in [0.5, 0.6) is 0 Å². The van der Waals surface area contributed by atoms with Crippen LogP contribution in [0, 0.1) is 0 Å². The second-order valence-electron chi connectivity index (χ2n) is 3.24. The standard InChI is InChI=1S/C10H10N2O2/c13-7-12-10-3-9(4-11-5-10)8-1-2-14-6-8/h3-5,8H,1-2,6H2. The van der Waals surface area contributed by atoms with Crippen LogP contribution in [0.15, 0.2) is 23.5 Å². The molecule has 1 aromatic heterocycles. The summed E-state index contributed by atoms with van der Waals surface area (Å²) in [5.74, 6) is 0.393. The SMILES string of the molecule is O=C=Nc1cncc(C2CCOC2)c1.